The zero-order valence-corrected chi connectivity index (χ0v) is 15.2. The van der Waals surface area contributed by atoms with E-state index in [0.717, 1.165) is 30.0 Å². The molecule has 4 aromatic rings. The van der Waals surface area contributed by atoms with Gasteiger partial charge in [-0.3, -0.25) is 9.20 Å². The number of fused-ring (bicyclic) bond motifs is 2. The van der Waals surface area contributed by atoms with Crippen LogP contribution in [-0.4, -0.2) is 46.6 Å². The minimum atomic E-state index is -0.214. The van der Waals surface area contributed by atoms with Crippen molar-refractivity contribution in [3.63, 3.8) is 0 Å². The first-order chi connectivity index (χ1) is 13.1. The highest BCUT2D eigenvalue weighted by molar-refractivity contribution is 5.92. The molecule has 0 aliphatic rings. The van der Waals surface area contributed by atoms with Crippen LogP contribution >= 0.6 is 0 Å². The maximum absolute atomic E-state index is 12.5. The van der Waals surface area contributed by atoms with Crippen molar-refractivity contribution in [2.24, 2.45) is 0 Å². The quantitative estimate of drug-likeness (QED) is 0.522. The van der Waals surface area contributed by atoms with Crippen LogP contribution in [0, 0.1) is 0 Å². The van der Waals surface area contributed by atoms with Gasteiger partial charge in [-0.1, -0.05) is 19.9 Å². The summed E-state index contributed by atoms with van der Waals surface area (Å²) in [5, 5.41) is 15.4. The maximum Gasteiger partial charge on any atom is 0.270 e. The standard InChI is InChI=1S/C18H20N8O/c1-12(2)14-10-13(22-18-20-11-21-26(14)18)17(27)19-8-5-7-16-24-23-15-6-3-4-9-25(15)16/h3-4,6,9-12H,5,7-8H2,1-2H3,(H,19,27). The molecule has 0 aromatic carbocycles. The highest BCUT2D eigenvalue weighted by Crippen LogP contribution is 2.15. The number of amides is 1. The molecule has 138 valence electrons. The minimum absolute atomic E-state index is 0.199. The number of nitrogens with one attached hydrogen (secondary N) is 1. The van der Waals surface area contributed by atoms with Gasteiger partial charge in [0.05, 0.1) is 5.69 Å². The molecule has 4 aromatic heterocycles. The number of rotatable bonds is 6. The lowest BCUT2D eigenvalue weighted by Crippen LogP contribution is -2.26. The molecule has 9 nitrogen and oxygen atoms in total. The van der Waals surface area contributed by atoms with Crippen LogP contribution in [0.1, 0.15) is 48.2 Å². The van der Waals surface area contributed by atoms with Crippen molar-refractivity contribution < 1.29 is 4.79 Å². The Bertz CT molecular complexity index is 1100. The predicted molar refractivity (Wildman–Crippen MR) is 98.5 cm³/mol. The Morgan fingerprint density at radius 1 is 1.26 bits per heavy atom. The molecular weight excluding hydrogens is 344 g/mol. The van der Waals surface area contributed by atoms with Crippen LogP contribution in [0.15, 0.2) is 36.8 Å². The molecule has 0 saturated carbocycles. The third-order valence-electron chi connectivity index (χ3n) is 4.35. The monoisotopic (exact) mass is 364 g/mol. The summed E-state index contributed by atoms with van der Waals surface area (Å²) in [7, 11) is 0. The molecule has 0 spiro atoms. The van der Waals surface area contributed by atoms with E-state index in [0.29, 0.717) is 18.0 Å². The van der Waals surface area contributed by atoms with Crippen LogP contribution in [0.5, 0.6) is 0 Å². The molecule has 1 N–H and O–H groups in total. The number of carbonyl (C=O) groups is 1. The Kier molecular flexibility index (Phi) is 4.49. The van der Waals surface area contributed by atoms with Crippen LogP contribution in [0.2, 0.25) is 0 Å². The van der Waals surface area contributed by atoms with E-state index in [4.69, 9.17) is 0 Å². The van der Waals surface area contributed by atoms with Gasteiger partial charge in [0.1, 0.15) is 17.8 Å². The fraction of sp³-hybridized carbons (Fsp3) is 0.333. The zero-order chi connectivity index (χ0) is 18.8. The van der Waals surface area contributed by atoms with Gasteiger partial charge in [-0.15, -0.1) is 10.2 Å². The van der Waals surface area contributed by atoms with Crippen LogP contribution in [-0.2, 0) is 6.42 Å². The molecule has 0 radical (unpaired) electrons. The molecule has 1 amide bonds. The first kappa shape index (κ1) is 17.1. The molecule has 0 atom stereocenters. The van der Waals surface area contributed by atoms with Crippen molar-refractivity contribution in [2.75, 3.05) is 6.54 Å². The fourth-order valence-corrected chi connectivity index (χ4v) is 2.96. The average molecular weight is 364 g/mol. The van der Waals surface area contributed by atoms with Crippen LogP contribution in [0.4, 0.5) is 0 Å². The molecule has 9 heteroatoms. The smallest absolute Gasteiger partial charge is 0.270 e. The second-order valence-electron chi connectivity index (χ2n) is 6.60. The van der Waals surface area contributed by atoms with E-state index in [2.05, 4.69) is 30.6 Å². The lowest BCUT2D eigenvalue weighted by atomic mass is 10.1. The lowest BCUT2D eigenvalue weighted by molar-refractivity contribution is 0.0948. The van der Waals surface area contributed by atoms with E-state index in [-0.39, 0.29) is 11.8 Å². The summed E-state index contributed by atoms with van der Waals surface area (Å²) < 4.78 is 3.62. The van der Waals surface area contributed by atoms with Gasteiger partial charge < -0.3 is 5.32 Å². The third-order valence-corrected chi connectivity index (χ3v) is 4.35. The summed E-state index contributed by atoms with van der Waals surface area (Å²) in [6.45, 7) is 4.61. The van der Waals surface area contributed by atoms with E-state index < -0.39 is 0 Å². The van der Waals surface area contributed by atoms with Gasteiger partial charge in [0, 0.05) is 19.2 Å². The number of aromatic nitrogens is 7. The SMILES string of the molecule is CC(C)c1cc(C(=O)NCCCc2nnc3ccccn23)nc2ncnn12. The van der Waals surface area contributed by atoms with Gasteiger partial charge in [0.2, 0.25) is 0 Å². The first-order valence-corrected chi connectivity index (χ1v) is 8.91. The molecule has 0 aliphatic heterocycles. The van der Waals surface area contributed by atoms with Gasteiger partial charge in [-0.05, 0) is 30.5 Å². The largest absolute Gasteiger partial charge is 0.351 e. The summed E-state index contributed by atoms with van der Waals surface area (Å²) in [6.07, 6.45) is 4.86. The molecule has 27 heavy (non-hydrogen) atoms. The van der Waals surface area contributed by atoms with Crippen molar-refractivity contribution in [3.8, 4) is 0 Å². The minimum Gasteiger partial charge on any atom is -0.351 e. The van der Waals surface area contributed by atoms with E-state index in [1.807, 2.05) is 42.6 Å². The molecule has 4 rings (SSSR count). The molecule has 0 aliphatic carbocycles. The Balaban J connectivity index is 1.40. The molecule has 0 saturated heterocycles. The van der Waals surface area contributed by atoms with Crippen molar-refractivity contribution in [2.45, 2.75) is 32.6 Å². The lowest BCUT2D eigenvalue weighted by Gasteiger charge is -2.10. The predicted octanol–water partition coefficient (Wildman–Crippen LogP) is 1.65. The van der Waals surface area contributed by atoms with Crippen LogP contribution in [0.25, 0.3) is 11.4 Å². The number of carbonyl (C=O) groups excluding carboxylic acids is 1. The Labute approximate surface area is 155 Å². The normalized spacial score (nSPS) is 11.5. The van der Waals surface area contributed by atoms with Crippen molar-refractivity contribution >= 4 is 17.3 Å². The second kappa shape index (κ2) is 7.10. The average Bonchev–Trinajstić information content (AvgIpc) is 3.31. The summed E-state index contributed by atoms with van der Waals surface area (Å²) in [5.74, 6) is 1.30. The summed E-state index contributed by atoms with van der Waals surface area (Å²) in [5.41, 5.74) is 2.08. The topological polar surface area (TPSA) is 102 Å². The summed E-state index contributed by atoms with van der Waals surface area (Å²) >= 11 is 0. The number of pyridine rings is 1. The van der Waals surface area contributed by atoms with Crippen molar-refractivity contribution in [1.29, 1.82) is 0 Å². The highest BCUT2D eigenvalue weighted by Gasteiger charge is 2.15. The van der Waals surface area contributed by atoms with Gasteiger partial charge in [-0.25, -0.2) is 9.50 Å². The molecule has 0 fully saturated rings. The molecular formula is C18H20N8O. The van der Waals surface area contributed by atoms with E-state index in [9.17, 15) is 4.79 Å². The fourth-order valence-electron chi connectivity index (χ4n) is 2.96. The first-order valence-electron chi connectivity index (χ1n) is 8.91. The number of hydrogen-bond donors (Lipinski definition) is 1. The Morgan fingerprint density at radius 2 is 2.15 bits per heavy atom. The van der Waals surface area contributed by atoms with Crippen LogP contribution < -0.4 is 5.32 Å². The van der Waals surface area contributed by atoms with Crippen molar-refractivity contribution in [3.05, 3.63) is 54.0 Å². The van der Waals surface area contributed by atoms with Crippen LogP contribution in [0.3, 0.4) is 0 Å². The summed E-state index contributed by atoms with van der Waals surface area (Å²) in [4.78, 5) is 20.9. The number of aryl methyl sites for hydroxylation is 1. The Morgan fingerprint density at radius 3 is 3.00 bits per heavy atom. The van der Waals surface area contributed by atoms with Gasteiger partial charge in [-0.2, -0.15) is 10.1 Å². The Hall–Kier alpha value is -3.36. The molecule has 4 heterocycles. The van der Waals surface area contributed by atoms with Gasteiger partial charge in [0.25, 0.3) is 11.7 Å². The second-order valence-corrected chi connectivity index (χ2v) is 6.60. The molecule has 0 unspecified atom stereocenters. The highest BCUT2D eigenvalue weighted by atomic mass is 16.1. The van der Waals surface area contributed by atoms with E-state index in [1.54, 1.807) is 10.6 Å². The number of hydrogen-bond acceptors (Lipinski definition) is 6. The molecule has 0 bridgehead atoms. The van der Waals surface area contributed by atoms with E-state index >= 15 is 0 Å². The third kappa shape index (κ3) is 3.35. The number of nitrogens with zero attached hydrogens (tertiary/aromatic N) is 7. The summed E-state index contributed by atoms with van der Waals surface area (Å²) in [6, 6.07) is 7.56. The van der Waals surface area contributed by atoms with E-state index in [1.165, 1.54) is 6.33 Å². The van der Waals surface area contributed by atoms with Gasteiger partial charge in [0.15, 0.2) is 5.65 Å². The maximum atomic E-state index is 12.5. The van der Waals surface area contributed by atoms with Crippen molar-refractivity contribution in [1.82, 2.24) is 39.5 Å². The zero-order valence-electron chi connectivity index (χ0n) is 15.2. The van der Waals surface area contributed by atoms with Gasteiger partial charge >= 0.3 is 0 Å².